The number of nitrogens with zero attached hydrogens (tertiary/aromatic N) is 3. The number of halogens is 1. The quantitative estimate of drug-likeness (QED) is 0.626. The Labute approximate surface area is 209 Å². The molecule has 2 fully saturated rings. The summed E-state index contributed by atoms with van der Waals surface area (Å²) < 4.78 is 6.57. The number of benzene rings is 1. The van der Waals surface area contributed by atoms with Gasteiger partial charge in [0.25, 0.3) is 5.91 Å². The van der Waals surface area contributed by atoms with Gasteiger partial charge in [-0.15, -0.1) is 0 Å². The van der Waals surface area contributed by atoms with Crippen molar-refractivity contribution in [2.45, 2.75) is 44.1 Å². The molecule has 0 aromatic heterocycles. The van der Waals surface area contributed by atoms with Crippen molar-refractivity contribution in [3.63, 3.8) is 0 Å². The smallest absolute Gasteiger partial charge is 0.253 e. The van der Waals surface area contributed by atoms with Crippen LogP contribution in [0.4, 0.5) is 5.69 Å². The van der Waals surface area contributed by atoms with E-state index in [0.29, 0.717) is 23.8 Å². The number of carbonyl (C=O) groups is 3. The van der Waals surface area contributed by atoms with Gasteiger partial charge in [0, 0.05) is 30.3 Å². The molecule has 0 bridgehead atoms. The molecule has 5 rings (SSSR count). The number of aliphatic hydroxyl groups is 1. The molecule has 1 unspecified atom stereocenters. The van der Waals surface area contributed by atoms with Crippen molar-refractivity contribution >= 4 is 35.0 Å². The number of amides is 3. The molecule has 2 saturated heterocycles. The molecule has 9 heteroatoms. The fourth-order valence-corrected chi connectivity index (χ4v) is 6.14. The Balaban J connectivity index is 1.61. The first-order valence-corrected chi connectivity index (χ1v) is 12.5. The van der Waals surface area contributed by atoms with Crippen LogP contribution in [0.5, 0.6) is 0 Å². The minimum Gasteiger partial charge on any atom is -0.394 e. The fourth-order valence-electron chi connectivity index (χ4n) is 6.01. The highest BCUT2D eigenvalue weighted by Gasteiger charge is 2.72. The Hall–Kier alpha value is -2.68. The molecule has 6 atom stereocenters. The summed E-state index contributed by atoms with van der Waals surface area (Å²) in [5, 5.41) is 10.5. The number of likely N-dealkylation sites (tertiary alicyclic amines) is 1. The van der Waals surface area contributed by atoms with E-state index in [1.807, 2.05) is 25.2 Å². The van der Waals surface area contributed by atoms with E-state index in [1.54, 1.807) is 47.1 Å². The van der Waals surface area contributed by atoms with Crippen molar-refractivity contribution in [1.29, 1.82) is 0 Å². The number of carbonyl (C=O) groups excluding carboxylic acids is 3. The molecule has 4 heterocycles. The second-order valence-electron chi connectivity index (χ2n) is 9.66. The van der Waals surface area contributed by atoms with E-state index in [0.717, 1.165) is 6.42 Å². The lowest BCUT2D eigenvalue weighted by Gasteiger charge is -2.37. The maximum Gasteiger partial charge on any atom is 0.253 e. The molecule has 4 aliphatic heterocycles. The van der Waals surface area contributed by atoms with Gasteiger partial charge in [0.15, 0.2) is 0 Å². The number of anilines is 1. The predicted octanol–water partition coefficient (Wildman–Crippen LogP) is 2.01. The lowest BCUT2D eigenvalue weighted by molar-refractivity contribution is -0.146. The summed E-state index contributed by atoms with van der Waals surface area (Å²) in [6.45, 7) is 4.73. The van der Waals surface area contributed by atoms with Crippen molar-refractivity contribution in [3.05, 3.63) is 53.6 Å². The van der Waals surface area contributed by atoms with Gasteiger partial charge in [0.2, 0.25) is 11.8 Å². The van der Waals surface area contributed by atoms with Gasteiger partial charge in [0.05, 0.1) is 30.6 Å². The molecule has 35 heavy (non-hydrogen) atoms. The van der Waals surface area contributed by atoms with Gasteiger partial charge in [-0.1, -0.05) is 42.8 Å². The second-order valence-corrected chi connectivity index (χ2v) is 10.1. The predicted molar refractivity (Wildman–Crippen MR) is 131 cm³/mol. The van der Waals surface area contributed by atoms with Crippen molar-refractivity contribution in [3.8, 4) is 0 Å². The number of rotatable bonds is 5. The molecule has 4 aliphatic rings. The van der Waals surface area contributed by atoms with Crippen molar-refractivity contribution in [1.82, 2.24) is 9.80 Å². The van der Waals surface area contributed by atoms with Crippen LogP contribution in [0.15, 0.2) is 48.6 Å². The first-order chi connectivity index (χ1) is 16.8. The first kappa shape index (κ1) is 24.0. The van der Waals surface area contributed by atoms with Crippen LogP contribution in [0.2, 0.25) is 5.02 Å². The summed E-state index contributed by atoms with van der Waals surface area (Å²) in [6, 6.07) is 5.30. The monoisotopic (exact) mass is 499 g/mol. The van der Waals surface area contributed by atoms with Crippen LogP contribution in [0.3, 0.4) is 0 Å². The van der Waals surface area contributed by atoms with Crippen LogP contribution in [0, 0.1) is 11.8 Å². The van der Waals surface area contributed by atoms with E-state index in [-0.39, 0.29) is 30.9 Å². The lowest BCUT2D eigenvalue weighted by atomic mass is 9.77. The number of hydrogen-bond donors (Lipinski definition) is 1. The van der Waals surface area contributed by atoms with Gasteiger partial charge in [0.1, 0.15) is 11.6 Å². The van der Waals surface area contributed by atoms with E-state index in [4.69, 9.17) is 16.3 Å². The highest BCUT2D eigenvalue weighted by Crippen LogP contribution is 2.54. The number of fused-ring (bicyclic) bond motifs is 2. The molecule has 0 saturated carbocycles. The molecular weight excluding hydrogens is 470 g/mol. The molecule has 186 valence electrons. The summed E-state index contributed by atoms with van der Waals surface area (Å²) in [7, 11) is 0. The second kappa shape index (κ2) is 9.08. The third kappa shape index (κ3) is 3.61. The third-order valence-corrected chi connectivity index (χ3v) is 7.80. The molecule has 0 radical (unpaired) electrons. The molecule has 3 amide bonds. The van der Waals surface area contributed by atoms with E-state index in [1.165, 1.54) is 4.90 Å². The van der Waals surface area contributed by atoms with Gasteiger partial charge in [-0.2, -0.15) is 0 Å². The Morgan fingerprint density at radius 3 is 2.54 bits per heavy atom. The molecule has 1 N–H and O–H groups in total. The summed E-state index contributed by atoms with van der Waals surface area (Å²) in [5.41, 5.74) is -0.658. The highest BCUT2D eigenvalue weighted by atomic mass is 35.5. The van der Waals surface area contributed by atoms with Crippen LogP contribution < -0.4 is 4.90 Å². The normalized spacial score (nSPS) is 32.9. The largest absolute Gasteiger partial charge is 0.394 e. The Bertz CT molecular complexity index is 1090. The van der Waals surface area contributed by atoms with Crippen LogP contribution >= 0.6 is 11.6 Å². The van der Waals surface area contributed by atoms with Gasteiger partial charge >= 0.3 is 0 Å². The molecule has 1 aromatic rings. The fraction of sp³-hybridized carbons (Fsp3) is 0.500. The van der Waals surface area contributed by atoms with Gasteiger partial charge in [-0.05, 0) is 37.6 Å². The van der Waals surface area contributed by atoms with Crippen LogP contribution in [0.1, 0.15) is 20.3 Å². The Kier molecular flexibility index (Phi) is 6.23. The Morgan fingerprint density at radius 2 is 1.86 bits per heavy atom. The zero-order chi connectivity index (χ0) is 24.9. The van der Waals surface area contributed by atoms with Gasteiger partial charge in [-0.25, -0.2) is 0 Å². The maximum atomic E-state index is 14.1. The summed E-state index contributed by atoms with van der Waals surface area (Å²) in [6.07, 6.45) is 7.60. The van der Waals surface area contributed by atoms with E-state index in [2.05, 4.69) is 0 Å². The minimum atomic E-state index is -1.30. The third-order valence-electron chi connectivity index (χ3n) is 7.55. The number of hydrogen-bond acceptors (Lipinski definition) is 5. The van der Waals surface area contributed by atoms with Crippen molar-refractivity contribution in [2.24, 2.45) is 11.8 Å². The SMILES string of the molecule is CCCN1CC=C[C@H]2O[C@]34C=CCN(c5ccc(Cl)cc5)C(=O)C3N([C@H](C)CO)C(=O)[C@@H]4[C@H]2C1=O. The molecule has 1 aromatic carbocycles. The van der Waals surface area contributed by atoms with Crippen molar-refractivity contribution < 1.29 is 24.2 Å². The topological polar surface area (TPSA) is 90.4 Å². The van der Waals surface area contributed by atoms with Crippen LogP contribution in [0.25, 0.3) is 0 Å². The maximum absolute atomic E-state index is 14.1. The lowest BCUT2D eigenvalue weighted by Crippen LogP contribution is -2.57. The first-order valence-electron chi connectivity index (χ1n) is 12.1. The average molecular weight is 500 g/mol. The van der Waals surface area contributed by atoms with Gasteiger partial charge < -0.3 is 24.5 Å². The zero-order valence-electron chi connectivity index (χ0n) is 19.8. The standard InChI is InChI=1S/C26H30ClN3O5/c1-3-12-28-13-4-6-19-20(23(28)32)21-24(33)30(16(2)15-31)22-25(34)29(14-5-11-26(21,22)35-19)18-9-7-17(27)8-10-18/h4-11,16,19-22,31H,3,12-15H2,1-2H3/t16-,19-,20+,21+,22?,26+/m1/s1. The van der Waals surface area contributed by atoms with Crippen LogP contribution in [-0.2, 0) is 19.1 Å². The van der Waals surface area contributed by atoms with E-state index in [9.17, 15) is 19.5 Å². The van der Waals surface area contributed by atoms with Crippen molar-refractivity contribution in [2.75, 3.05) is 31.1 Å². The number of aliphatic hydroxyl groups excluding tert-OH is 1. The molecule has 1 spiro atoms. The minimum absolute atomic E-state index is 0.131. The van der Waals surface area contributed by atoms with Gasteiger partial charge in [-0.3, -0.25) is 14.4 Å². The summed E-state index contributed by atoms with van der Waals surface area (Å²) >= 11 is 6.05. The van der Waals surface area contributed by atoms with Crippen LogP contribution in [-0.4, -0.2) is 82.7 Å². The zero-order valence-corrected chi connectivity index (χ0v) is 20.6. The Morgan fingerprint density at radius 1 is 1.11 bits per heavy atom. The summed E-state index contributed by atoms with van der Waals surface area (Å²) in [5.74, 6) is -2.36. The highest BCUT2D eigenvalue weighted by molar-refractivity contribution is 6.30. The van der Waals surface area contributed by atoms with E-state index < -0.39 is 35.6 Å². The van der Waals surface area contributed by atoms with E-state index >= 15 is 0 Å². The number of ether oxygens (including phenoxy) is 1. The molecule has 8 nitrogen and oxygen atoms in total. The summed E-state index contributed by atoms with van der Waals surface area (Å²) in [4.78, 5) is 46.6. The average Bonchev–Trinajstić information content (AvgIpc) is 3.17. The molecule has 0 aliphatic carbocycles. The molecular formula is C26H30ClN3O5.